The first-order chi connectivity index (χ1) is 13.6. The lowest BCUT2D eigenvalue weighted by molar-refractivity contribution is 0.312. The average molecular weight is 367 g/mol. The molecular formula is C25H25N3. The van der Waals surface area contributed by atoms with Gasteiger partial charge in [-0.3, -0.25) is 4.98 Å². The van der Waals surface area contributed by atoms with Crippen molar-refractivity contribution in [3.63, 3.8) is 0 Å². The molecule has 0 N–H and O–H groups in total. The molecule has 0 atom stereocenters. The zero-order valence-corrected chi connectivity index (χ0v) is 16.7. The zero-order valence-electron chi connectivity index (χ0n) is 16.7. The third-order valence-electron chi connectivity index (χ3n) is 5.95. The van der Waals surface area contributed by atoms with E-state index in [0.717, 1.165) is 19.5 Å². The van der Waals surface area contributed by atoms with Crippen LogP contribution in [0.1, 0.15) is 29.3 Å². The standard InChI is InChI=1S/C25H25N3/c1-17-8-9-24-21(12-17)23-16-27(3)11-10-25(23)28(24)15-18(2)22-14-26-13-19-6-4-5-7-20(19)22/h4-9,12-15H,10-11,16H2,1-3H3/b18-15+. The predicted octanol–water partition coefficient (Wildman–Crippen LogP) is 5.50. The van der Waals surface area contributed by atoms with E-state index < -0.39 is 0 Å². The molecule has 28 heavy (non-hydrogen) atoms. The lowest BCUT2D eigenvalue weighted by Crippen LogP contribution is -2.26. The van der Waals surface area contributed by atoms with E-state index in [1.165, 1.54) is 49.6 Å². The molecule has 0 unspecified atom stereocenters. The summed E-state index contributed by atoms with van der Waals surface area (Å²) in [4.78, 5) is 6.89. The number of benzene rings is 2. The van der Waals surface area contributed by atoms with E-state index in [4.69, 9.17) is 0 Å². The van der Waals surface area contributed by atoms with Crippen LogP contribution in [-0.2, 0) is 13.0 Å². The minimum Gasteiger partial charge on any atom is -0.320 e. The van der Waals surface area contributed by atoms with Crippen LogP contribution in [-0.4, -0.2) is 28.0 Å². The number of nitrogens with zero attached hydrogens (tertiary/aromatic N) is 3. The zero-order chi connectivity index (χ0) is 19.3. The van der Waals surface area contributed by atoms with Crippen LogP contribution >= 0.6 is 0 Å². The van der Waals surface area contributed by atoms with Gasteiger partial charge in [-0.25, -0.2) is 0 Å². The van der Waals surface area contributed by atoms with E-state index in [-0.39, 0.29) is 0 Å². The van der Waals surface area contributed by atoms with Gasteiger partial charge in [-0.1, -0.05) is 35.9 Å². The minimum absolute atomic E-state index is 1.02. The highest BCUT2D eigenvalue weighted by Gasteiger charge is 2.22. The molecule has 2 aromatic heterocycles. The van der Waals surface area contributed by atoms with E-state index in [1.807, 2.05) is 12.4 Å². The van der Waals surface area contributed by atoms with Gasteiger partial charge >= 0.3 is 0 Å². The summed E-state index contributed by atoms with van der Waals surface area (Å²) in [5, 5.41) is 3.83. The van der Waals surface area contributed by atoms with Gasteiger partial charge in [-0.05, 0) is 49.6 Å². The summed E-state index contributed by atoms with van der Waals surface area (Å²) in [6.45, 7) is 6.50. The molecule has 2 aromatic carbocycles. The van der Waals surface area contributed by atoms with Crippen molar-refractivity contribution in [1.82, 2.24) is 14.5 Å². The number of hydrogen-bond donors (Lipinski definition) is 0. The Morgan fingerprint density at radius 3 is 2.82 bits per heavy atom. The van der Waals surface area contributed by atoms with Gasteiger partial charge in [0, 0.05) is 60.1 Å². The average Bonchev–Trinajstić information content (AvgIpc) is 2.99. The summed E-state index contributed by atoms with van der Waals surface area (Å²) in [6.07, 6.45) is 7.32. The minimum atomic E-state index is 1.02. The summed E-state index contributed by atoms with van der Waals surface area (Å²) in [7, 11) is 2.21. The summed E-state index contributed by atoms with van der Waals surface area (Å²) in [6, 6.07) is 15.3. The molecule has 0 saturated heterocycles. The fourth-order valence-corrected chi connectivity index (χ4v) is 4.48. The molecule has 1 aliphatic heterocycles. The number of aromatic nitrogens is 2. The second-order valence-electron chi connectivity index (χ2n) is 8.02. The molecule has 3 nitrogen and oxygen atoms in total. The smallest absolute Gasteiger partial charge is 0.0529 e. The first-order valence-corrected chi connectivity index (χ1v) is 9.94. The molecule has 0 amide bonds. The van der Waals surface area contributed by atoms with Crippen molar-refractivity contribution < 1.29 is 0 Å². The van der Waals surface area contributed by atoms with Crippen LogP contribution in [0.3, 0.4) is 0 Å². The Labute approximate surface area is 165 Å². The lowest BCUT2D eigenvalue weighted by atomic mass is 10.0. The fourth-order valence-electron chi connectivity index (χ4n) is 4.48. The molecule has 140 valence electrons. The topological polar surface area (TPSA) is 21.1 Å². The van der Waals surface area contributed by atoms with Crippen molar-refractivity contribution >= 4 is 33.4 Å². The summed E-state index contributed by atoms with van der Waals surface area (Å²) in [5.41, 5.74) is 7.99. The normalized spacial score (nSPS) is 15.3. The molecule has 0 radical (unpaired) electrons. The lowest BCUT2D eigenvalue weighted by Gasteiger charge is -2.23. The maximum absolute atomic E-state index is 4.48. The van der Waals surface area contributed by atoms with Crippen LogP contribution in [0.2, 0.25) is 0 Å². The molecule has 0 spiro atoms. The highest BCUT2D eigenvalue weighted by atomic mass is 15.1. The Morgan fingerprint density at radius 2 is 1.93 bits per heavy atom. The van der Waals surface area contributed by atoms with E-state index in [9.17, 15) is 0 Å². The van der Waals surface area contributed by atoms with Gasteiger partial charge in [-0.15, -0.1) is 0 Å². The first kappa shape index (κ1) is 17.2. The maximum Gasteiger partial charge on any atom is 0.0529 e. The van der Waals surface area contributed by atoms with Crippen LogP contribution in [0.5, 0.6) is 0 Å². The van der Waals surface area contributed by atoms with Crippen LogP contribution in [0.4, 0.5) is 0 Å². The van der Waals surface area contributed by atoms with Crippen molar-refractivity contribution in [1.29, 1.82) is 0 Å². The second-order valence-corrected chi connectivity index (χ2v) is 8.02. The number of likely N-dealkylation sites (N-methyl/N-ethyl adjacent to an activating group) is 1. The van der Waals surface area contributed by atoms with Crippen molar-refractivity contribution in [3.05, 3.63) is 77.2 Å². The van der Waals surface area contributed by atoms with Crippen LogP contribution in [0.15, 0.2) is 54.9 Å². The number of aryl methyl sites for hydroxylation is 1. The molecule has 0 fully saturated rings. The number of fused-ring (bicyclic) bond motifs is 4. The van der Waals surface area contributed by atoms with Crippen LogP contribution < -0.4 is 0 Å². The molecular weight excluding hydrogens is 342 g/mol. The molecule has 0 bridgehead atoms. The van der Waals surface area contributed by atoms with Crippen molar-refractivity contribution in [3.8, 4) is 0 Å². The fraction of sp³-hybridized carbons (Fsp3) is 0.240. The van der Waals surface area contributed by atoms with Crippen LogP contribution in [0.25, 0.3) is 33.4 Å². The van der Waals surface area contributed by atoms with E-state index in [1.54, 1.807) is 0 Å². The van der Waals surface area contributed by atoms with Gasteiger partial charge in [0.2, 0.25) is 0 Å². The first-order valence-electron chi connectivity index (χ1n) is 9.94. The number of pyridine rings is 1. The van der Waals surface area contributed by atoms with Crippen molar-refractivity contribution in [2.75, 3.05) is 13.6 Å². The largest absolute Gasteiger partial charge is 0.320 e. The highest BCUT2D eigenvalue weighted by molar-refractivity contribution is 5.96. The van der Waals surface area contributed by atoms with Crippen molar-refractivity contribution in [2.45, 2.75) is 26.8 Å². The predicted molar refractivity (Wildman–Crippen MR) is 118 cm³/mol. The summed E-state index contributed by atoms with van der Waals surface area (Å²) < 4.78 is 2.42. The maximum atomic E-state index is 4.48. The van der Waals surface area contributed by atoms with Gasteiger partial charge in [-0.2, -0.15) is 0 Å². The SMILES string of the molecule is C/C(=C\n1c2c(c3cc(C)ccc31)CN(C)CC2)c1cncc2ccccc12. The Hall–Kier alpha value is -2.91. The molecule has 3 heteroatoms. The van der Waals surface area contributed by atoms with Gasteiger partial charge in [0.05, 0.1) is 5.52 Å². The van der Waals surface area contributed by atoms with E-state index in [0.29, 0.717) is 0 Å². The quantitative estimate of drug-likeness (QED) is 0.466. The monoisotopic (exact) mass is 367 g/mol. The third-order valence-corrected chi connectivity index (χ3v) is 5.95. The highest BCUT2D eigenvalue weighted by Crippen LogP contribution is 2.33. The number of rotatable bonds is 2. The number of hydrogen-bond acceptors (Lipinski definition) is 2. The molecule has 0 aliphatic carbocycles. The Morgan fingerprint density at radius 1 is 1.07 bits per heavy atom. The van der Waals surface area contributed by atoms with E-state index in [2.05, 4.69) is 84.0 Å². The van der Waals surface area contributed by atoms with Crippen molar-refractivity contribution in [2.24, 2.45) is 0 Å². The molecule has 0 saturated carbocycles. The molecule has 5 rings (SSSR count). The Kier molecular flexibility index (Phi) is 4.06. The van der Waals surface area contributed by atoms with Gasteiger partial charge in [0.15, 0.2) is 0 Å². The molecule has 4 aromatic rings. The Balaban J connectivity index is 1.73. The van der Waals surface area contributed by atoms with Gasteiger partial charge < -0.3 is 9.47 Å². The third kappa shape index (κ3) is 2.74. The number of allylic oxidation sites excluding steroid dienone is 1. The Bertz CT molecular complexity index is 1220. The van der Waals surface area contributed by atoms with E-state index >= 15 is 0 Å². The second kappa shape index (κ2) is 6.61. The van der Waals surface area contributed by atoms with Crippen LogP contribution in [0, 0.1) is 6.92 Å². The molecule has 1 aliphatic rings. The van der Waals surface area contributed by atoms with Gasteiger partial charge in [0.1, 0.15) is 0 Å². The summed E-state index contributed by atoms with van der Waals surface area (Å²) >= 11 is 0. The van der Waals surface area contributed by atoms with Gasteiger partial charge in [0.25, 0.3) is 0 Å². The molecule has 3 heterocycles. The summed E-state index contributed by atoms with van der Waals surface area (Å²) in [5.74, 6) is 0.